The number of likely N-dealkylation sites (tertiary alicyclic amines) is 1. The molecule has 7 heteroatoms. The highest BCUT2D eigenvalue weighted by atomic mass is 16.4. The molecular weight excluding hydrogens is 250 g/mol. The van der Waals surface area contributed by atoms with Gasteiger partial charge in [0.1, 0.15) is 6.54 Å². The number of aliphatic carboxylic acids is 1. The topological polar surface area (TPSA) is 90.0 Å². The summed E-state index contributed by atoms with van der Waals surface area (Å²) in [6.07, 6.45) is 2.49. The van der Waals surface area contributed by atoms with Gasteiger partial charge in [-0.15, -0.1) is 0 Å². The standard InChI is InChI=1S/C12H19N3O4/c1-14(7-10(16)13-9-2-3-9)12(19)15-5-4-8(6-15)11(17)18/h8-9H,2-7H2,1H3,(H,13,16)(H,17,18). The summed E-state index contributed by atoms with van der Waals surface area (Å²) in [7, 11) is 1.56. The molecule has 2 N–H and O–H groups in total. The second-order valence-corrected chi connectivity index (χ2v) is 5.25. The van der Waals surface area contributed by atoms with Gasteiger partial charge >= 0.3 is 12.0 Å². The maximum absolute atomic E-state index is 12.0. The van der Waals surface area contributed by atoms with E-state index in [0.717, 1.165) is 12.8 Å². The van der Waals surface area contributed by atoms with Crippen LogP contribution in [0, 0.1) is 5.92 Å². The zero-order chi connectivity index (χ0) is 14.0. The van der Waals surface area contributed by atoms with E-state index < -0.39 is 11.9 Å². The number of amides is 3. The molecule has 1 atom stereocenters. The van der Waals surface area contributed by atoms with Gasteiger partial charge in [-0.1, -0.05) is 0 Å². The minimum atomic E-state index is -0.871. The Balaban J connectivity index is 1.78. The van der Waals surface area contributed by atoms with Crippen molar-refractivity contribution in [2.75, 3.05) is 26.7 Å². The Morgan fingerprint density at radius 1 is 1.32 bits per heavy atom. The molecule has 19 heavy (non-hydrogen) atoms. The number of nitrogens with one attached hydrogen (secondary N) is 1. The predicted molar refractivity (Wildman–Crippen MR) is 66.5 cm³/mol. The Labute approximate surface area is 111 Å². The molecule has 7 nitrogen and oxygen atoms in total. The van der Waals surface area contributed by atoms with Crippen LogP contribution < -0.4 is 5.32 Å². The largest absolute Gasteiger partial charge is 0.481 e. The Kier molecular flexibility index (Phi) is 3.92. The number of nitrogens with zero attached hydrogens (tertiary/aromatic N) is 2. The quantitative estimate of drug-likeness (QED) is 0.734. The lowest BCUT2D eigenvalue weighted by molar-refractivity contribution is -0.141. The van der Waals surface area contributed by atoms with Crippen LogP contribution in [-0.2, 0) is 9.59 Å². The van der Waals surface area contributed by atoms with Crippen LogP contribution in [0.2, 0.25) is 0 Å². The van der Waals surface area contributed by atoms with Gasteiger partial charge in [0, 0.05) is 26.2 Å². The minimum Gasteiger partial charge on any atom is -0.481 e. The molecule has 1 heterocycles. The second kappa shape index (κ2) is 5.46. The molecule has 0 aromatic rings. The van der Waals surface area contributed by atoms with Crippen LogP contribution in [0.15, 0.2) is 0 Å². The number of urea groups is 1. The van der Waals surface area contributed by atoms with E-state index in [0.29, 0.717) is 13.0 Å². The molecular formula is C12H19N3O4. The highest BCUT2D eigenvalue weighted by Crippen LogP contribution is 2.19. The van der Waals surface area contributed by atoms with Gasteiger partial charge in [0.05, 0.1) is 5.92 Å². The number of carbonyl (C=O) groups excluding carboxylic acids is 2. The van der Waals surface area contributed by atoms with Crippen molar-refractivity contribution in [3.05, 3.63) is 0 Å². The first-order valence-corrected chi connectivity index (χ1v) is 6.49. The smallest absolute Gasteiger partial charge is 0.320 e. The average molecular weight is 269 g/mol. The highest BCUT2D eigenvalue weighted by Gasteiger charge is 2.33. The molecule has 1 aliphatic carbocycles. The third kappa shape index (κ3) is 3.59. The number of hydrogen-bond acceptors (Lipinski definition) is 3. The summed E-state index contributed by atoms with van der Waals surface area (Å²) in [5, 5.41) is 11.7. The summed E-state index contributed by atoms with van der Waals surface area (Å²) < 4.78 is 0. The van der Waals surface area contributed by atoms with E-state index in [4.69, 9.17) is 5.11 Å². The summed E-state index contributed by atoms with van der Waals surface area (Å²) in [4.78, 5) is 37.3. The lowest BCUT2D eigenvalue weighted by Gasteiger charge is -2.24. The van der Waals surface area contributed by atoms with Gasteiger partial charge in [-0.25, -0.2) is 4.79 Å². The van der Waals surface area contributed by atoms with E-state index in [-0.39, 0.29) is 31.1 Å². The van der Waals surface area contributed by atoms with E-state index in [1.807, 2.05) is 0 Å². The number of carboxylic acid groups (broad SMARTS) is 1. The van der Waals surface area contributed by atoms with E-state index in [1.54, 1.807) is 7.05 Å². The van der Waals surface area contributed by atoms with Gasteiger partial charge < -0.3 is 20.2 Å². The Bertz CT molecular complexity index is 394. The van der Waals surface area contributed by atoms with Crippen LogP contribution >= 0.6 is 0 Å². The van der Waals surface area contributed by atoms with Gasteiger partial charge in [-0.05, 0) is 19.3 Å². The fourth-order valence-electron chi connectivity index (χ4n) is 2.16. The maximum atomic E-state index is 12.0. The second-order valence-electron chi connectivity index (χ2n) is 5.25. The van der Waals surface area contributed by atoms with Gasteiger partial charge in [-0.3, -0.25) is 9.59 Å². The molecule has 0 bridgehead atoms. The number of carbonyl (C=O) groups is 3. The van der Waals surface area contributed by atoms with Crippen LogP contribution in [0.4, 0.5) is 4.79 Å². The summed E-state index contributed by atoms with van der Waals surface area (Å²) in [5.41, 5.74) is 0. The van der Waals surface area contributed by atoms with Crippen molar-refractivity contribution in [2.45, 2.75) is 25.3 Å². The van der Waals surface area contributed by atoms with Crippen LogP contribution in [0.25, 0.3) is 0 Å². The molecule has 0 aromatic carbocycles. The molecule has 1 aliphatic heterocycles. The first-order valence-electron chi connectivity index (χ1n) is 6.49. The Morgan fingerprint density at radius 2 is 2.00 bits per heavy atom. The molecule has 1 unspecified atom stereocenters. The normalized spacial score (nSPS) is 22.2. The lowest BCUT2D eigenvalue weighted by atomic mass is 10.1. The maximum Gasteiger partial charge on any atom is 0.320 e. The molecule has 0 radical (unpaired) electrons. The highest BCUT2D eigenvalue weighted by molar-refractivity contribution is 5.84. The number of hydrogen-bond donors (Lipinski definition) is 2. The van der Waals surface area contributed by atoms with Gasteiger partial charge in [0.15, 0.2) is 0 Å². The number of carboxylic acids is 1. The summed E-state index contributed by atoms with van der Waals surface area (Å²) in [6.45, 7) is 0.677. The zero-order valence-electron chi connectivity index (χ0n) is 11.0. The van der Waals surface area contributed by atoms with Crippen LogP contribution in [0.5, 0.6) is 0 Å². The van der Waals surface area contributed by atoms with E-state index in [2.05, 4.69) is 5.32 Å². The van der Waals surface area contributed by atoms with Crippen LogP contribution in [0.3, 0.4) is 0 Å². The number of likely N-dealkylation sites (N-methyl/N-ethyl adjacent to an activating group) is 1. The molecule has 3 amide bonds. The van der Waals surface area contributed by atoms with Gasteiger partial charge in [-0.2, -0.15) is 0 Å². The summed E-state index contributed by atoms with van der Waals surface area (Å²) >= 11 is 0. The molecule has 106 valence electrons. The molecule has 0 aromatic heterocycles. The molecule has 2 rings (SSSR count). The Morgan fingerprint density at radius 3 is 2.53 bits per heavy atom. The van der Waals surface area contributed by atoms with Crippen molar-refractivity contribution < 1.29 is 19.5 Å². The average Bonchev–Trinajstić information content (AvgIpc) is 3.00. The SMILES string of the molecule is CN(CC(=O)NC1CC1)C(=O)N1CCC(C(=O)O)C1. The lowest BCUT2D eigenvalue weighted by Crippen LogP contribution is -2.45. The van der Waals surface area contributed by atoms with E-state index in [1.165, 1.54) is 9.80 Å². The molecule has 2 aliphatic rings. The minimum absolute atomic E-state index is 0.0174. The monoisotopic (exact) mass is 269 g/mol. The van der Waals surface area contributed by atoms with Crippen molar-refractivity contribution in [3.8, 4) is 0 Å². The van der Waals surface area contributed by atoms with Crippen LogP contribution in [-0.4, -0.2) is 65.5 Å². The molecule has 0 spiro atoms. The van der Waals surface area contributed by atoms with Crippen molar-refractivity contribution in [1.82, 2.24) is 15.1 Å². The fourth-order valence-corrected chi connectivity index (χ4v) is 2.16. The van der Waals surface area contributed by atoms with E-state index in [9.17, 15) is 14.4 Å². The Hall–Kier alpha value is -1.79. The number of rotatable bonds is 4. The van der Waals surface area contributed by atoms with E-state index >= 15 is 0 Å². The molecule has 1 saturated carbocycles. The summed E-state index contributed by atoms with van der Waals surface area (Å²) in [6, 6.07) is -0.00567. The molecule has 1 saturated heterocycles. The van der Waals surface area contributed by atoms with Gasteiger partial charge in [0.2, 0.25) is 5.91 Å². The fraction of sp³-hybridized carbons (Fsp3) is 0.750. The first kappa shape index (κ1) is 13.6. The third-order valence-corrected chi connectivity index (χ3v) is 3.46. The van der Waals surface area contributed by atoms with Gasteiger partial charge in [0.25, 0.3) is 0 Å². The predicted octanol–water partition coefficient (Wildman–Crippen LogP) is -0.277. The van der Waals surface area contributed by atoms with Crippen molar-refractivity contribution in [2.24, 2.45) is 5.92 Å². The van der Waals surface area contributed by atoms with Crippen molar-refractivity contribution >= 4 is 17.9 Å². The summed E-state index contributed by atoms with van der Waals surface area (Å²) in [5.74, 6) is -1.52. The first-order chi connectivity index (χ1) is 8.97. The van der Waals surface area contributed by atoms with Crippen molar-refractivity contribution in [1.29, 1.82) is 0 Å². The molecule has 2 fully saturated rings. The van der Waals surface area contributed by atoms with Crippen molar-refractivity contribution in [3.63, 3.8) is 0 Å². The zero-order valence-corrected chi connectivity index (χ0v) is 11.0. The van der Waals surface area contributed by atoms with Crippen LogP contribution in [0.1, 0.15) is 19.3 Å². The third-order valence-electron chi connectivity index (χ3n) is 3.46.